The van der Waals surface area contributed by atoms with Crippen LogP contribution in [-0.4, -0.2) is 40.2 Å². The minimum absolute atomic E-state index is 0.120. The summed E-state index contributed by atoms with van der Waals surface area (Å²) in [5, 5.41) is 20.9. The summed E-state index contributed by atoms with van der Waals surface area (Å²) in [6.07, 6.45) is 2.71. The molecule has 3 saturated heterocycles. The molecule has 0 spiro atoms. The van der Waals surface area contributed by atoms with E-state index in [0.29, 0.717) is 5.92 Å². The van der Waals surface area contributed by atoms with E-state index in [-0.39, 0.29) is 22.8 Å². The third-order valence-electron chi connectivity index (χ3n) is 4.51. The maximum atomic E-state index is 10.6. The Kier molecular flexibility index (Phi) is 3.24. The Morgan fingerprint density at radius 1 is 1.26 bits per heavy atom. The number of aliphatic hydroxyl groups excluding tert-OH is 1. The second kappa shape index (κ2) is 4.90. The van der Waals surface area contributed by atoms with Crippen molar-refractivity contribution in [2.75, 3.05) is 13.1 Å². The molecule has 0 saturated carbocycles. The Bertz CT molecular complexity index is 464. The van der Waals surface area contributed by atoms with E-state index < -0.39 is 0 Å². The lowest BCUT2D eigenvalue weighted by molar-refractivity contribution is -0.384. The average molecular weight is 262 g/mol. The van der Waals surface area contributed by atoms with Gasteiger partial charge in [0.2, 0.25) is 0 Å². The predicted molar refractivity (Wildman–Crippen MR) is 70.9 cm³/mol. The van der Waals surface area contributed by atoms with E-state index in [1.54, 1.807) is 12.1 Å². The van der Waals surface area contributed by atoms with Crippen molar-refractivity contribution in [2.24, 2.45) is 5.92 Å². The van der Waals surface area contributed by atoms with Gasteiger partial charge in [0, 0.05) is 18.2 Å². The Labute approximate surface area is 112 Å². The van der Waals surface area contributed by atoms with Gasteiger partial charge in [0.15, 0.2) is 0 Å². The highest BCUT2D eigenvalue weighted by molar-refractivity contribution is 5.33. The highest BCUT2D eigenvalue weighted by atomic mass is 16.6. The van der Waals surface area contributed by atoms with E-state index in [1.165, 1.54) is 12.1 Å². The summed E-state index contributed by atoms with van der Waals surface area (Å²) in [7, 11) is 0. The van der Waals surface area contributed by atoms with E-state index >= 15 is 0 Å². The second-order valence-electron chi connectivity index (χ2n) is 5.56. The van der Waals surface area contributed by atoms with E-state index in [2.05, 4.69) is 4.90 Å². The molecular weight excluding hydrogens is 244 g/mol. The lowest BCUT2D eigenvalue weighted by Crippen LogP contribution is -2.58. The van der Waals surface area contributed by atoms with Crippen molar-refractivity contribution in [3.05, 3.63) is 39.9 Å². The fourth-order valence-corrected chi connectivity index (χ4v) is 3.37. The molecule has 2 unspecified atom stereocenters. The van der Waals surface area contributed by atoms with Gasteiger partial charge in [-0.1, -0.05) is 12.1 Å². The topological polar surface area (TPSA) is 66.6 Å². The van der Waals surface area contributed by atoms with E-state index in [9.17, 15) is 15.2 Å². The summed E-state index contributed by atoms with van der Waals surface area (Å²) in [6, 6.07) is 6.85. The highest BCUT2D eigenvalue weighted by Gasteiger charge is 2.40. The number of aliphatic hydroxyl groups is 1. The molecule has 2 bridgehead atoms. The molecule has 4 rings (SSSR count). The van der Waals surface area contributed by atoms with Crippen LogP contribution >= 0.6 is 0 Å². The number of benzene rings is 1. The number of nitro benzene ring substituents is 1. The van der Waals surface area contributed by atoms with Crippen LogP contribution in [0.5, 0.6) is 0 Å². The van der Waals surface area contributed by atoms with Crippen LogP contribution in [0.2, 0.25) is 0 Å². The molecular formula is C14H18N2O3. The van der Waals surface area contributed by atoms with Crippen molar-refractivity contribution in [3.63, 3.8) is 0 Å². The third-order valence-corrected chi connectivity index (χ3v) is 4.51. The molecule has 0 radical (unpaired) electrons. The molecule has 3 fully saturated rings. The Hall–Kier alpha value is -1.46. The molecule has 1 aromatic rings. The SMILES string of the molecule is O=[N+]([O-])c1ccc(CC2C(O)C3CCN2CC3)cc1. The maximum Gasteiger partial charge on any atom is 0.269 e. The second-order valence-corrected chi connectivity index (χ2v) is 5.56. The maximum absolute atomic E-state index is 10.6. The quantitative estimate of drug-likeness (QED) is 0.663. The lowest BCUT2D eigenvalue weighted by atomic mass is 9.78. The van der Waals surface area contributed by atoms with Gasteiger partial charge in [0.05, 0.1) is 11.0 Å². The zero-order valence-electron chi connectivity index (χ0n) is 10.7. The minimum atomic E-state index is -0.384. The van der Waals surface area contributed by atoms with Crippen molar-refractivity contribution in [2.45, 2.75) is 31.4 Å². The minimum Gasteiger partial charge on any atom is -0.391 e. The molecule has 3 aliphatic heterocycles. The summed E-state index contributed by atoms with van der Waals surface area (Å²) in [4.78, 5) is 12.6. The molecule has 2 atom stereocenters. The number of non-ortho nitro benzene ring substituents is 1. The van der Waals surface area contributed by atoms with Gasteiger partial charge >= 0.3 is 0 Å². The van der Waals surface area contributed by atoms with Crippen molar-refractivity contribution in [1.82, 2.24) is 4.90 Å². The summed E-state index contributed by atoms with van der Waals surface area (Å²) in [5.41, 5.74) is 1.18. The number of rotatable bonds is 3. The van der Waals surface area contributed by atoms with Gasteiger partial charge in [-0.25, -0.2) is 0 Å². The number of nitrogens with zero attached hydrogens (tertiary/aromatic N) is 2. The number of hydrogen-bond acceptors (Lipinski definition) is 4. The van der Waals surface area contributed by atoms with Gasteiger partial charge in [-0.2, -0.15) is 0 Å². The van der Waals surface area contributed by atoms with Crippen LogP contribution in [-0.2, 0) is 6.42 Å². The van der Waals surface area contributed by atoms with Crippen molar-refractivity contribution in [1.29, 1.82) is 0 Å². The third kappa shape index (κ3) is 2.35. The van der Waals surface area contributed by atoms with Gasteiger partial charge in [-0.05, 0) is 43.8 Å². The zero-order chi connectivity index (χ0) is 13.4. The largest absolute Gasteiger partial charge is 0.391 e. The first-order chi connectivity index (χ1) is 9.15. The Morgan fingerprint density at radius 3 is 2.42 bits per heavy atom. The predicted octanol–water partition coefficient (Wildman–Crippen LogP) is 1.59. The normalized spacial score (nSPS) is 33.3. The molecule has 102 valence electrons. The van der Waals surface area contributed by atoms with Gasteiger partial charge in [-0.3, -0.25) is 15.0 Å². The molecule has 0 aromatic heterocycles. The first-order valence-electron chi connectivity index (χ1n) is 6.80. The van der Waals surface area contributed by atoms with Crippen LogP contribution in [0.3, 0.4) is 0 Å². The van der Waals surface area contributed by atoms with Crippen LogP contribution in [0, 0.1) is 16.0 Å². The number of fused-ring (bicyclic) bond motifs is 3. The van der Waals surface area contributed by atoms with Crippen LogP contribution in [0.1, 0.15) is 18.4 Å². The molecule has 1 aromatic carbocycles. The van der Waals surface area contributed by atoms with E-state index in [4.69, 9.17) is 0 Å². The van der Waals surface area contributed by atoms with Gasteiger partial charge in [0.1, 0.15) is 0 Å². The molecule has 3 aliphatic rings. The molecule has 19 heavy (non-hydrogen) atoms. The fraction of sp³-hybridized carbons (Fsp3) is 0.571. The summed E-state index contributed by atoms with van der Waals surface area (Å²) < 4.78 is 0. The van der Waals surface area contributed by atoms with Gasteiger partial charge in [0.25, 0.3) is 5.69 Å². The van der Waals surface area contributed by atoms with Crippen molar-refractivity contribution >= 4 is 5.69 Å². The summed E-state index contributed by atoms with van der Waals surface area (Å²) in [6.45, 7) is 2.14. The lowest BCUT2D eigenvalue weighted by Gasteiger charge is -2.49. The molecule has 1 N–H and O–H groups in total. The molecule has 5 heteroatoms. The van der Waals surface area contributed by atoms with Crippen LogP contribution in [0.4, 0.5) is 5.69 Å². The smallest absolute Gasteiger partial charge is 0.269 e. The molecule has 5 nitrogen and oxygen atoms in total. The number of hydrogen-bond donors (Lipinski definition) is 1. The fourth-order valence-electron chi connectivity index (χ4n) is 3.37. The van der Waals surface area contributed by atoms with Gasteiger partial charge < -0.3 is 5.11 Å². The highest BCUT2D eigenvalue weighted by Crippen LogP contribution is 2.33. The van der Waals surface area contributed by atoms with Crippen LogP contribution < -0.4 is 0 Å². The molecule has 3 heterocycles. The van der Waals surface area contributed by atoms with Crippen LogP contribution in [0.15, 0.2) is 24.3 Å². The summed E-state index contributed by atoms with van der Waals surface area (Å²) in [5.74, 6) is 0.438. The monoisotopic (exact) mass is 262 g/mol. The average Bonchev–Trinajstić information content (AvgIpc) is 2.44. The number of piperidine rings is 3. The van der Waals surface area contributed by atoms with Crippen molar-refractivity contribution < 1.29 is 10.0 Å². The van der Waals surface area contributed by atoms with E-state index in [0.717, 1.165) is 37.9 Å². The molecule has 0 amide bonds. The standard InChI is InChI=1S/C14H18N2O3/c17-14-11-5-7-15(8-6-11)13(14)9-10-1-3-12(4-2-10)16(18)19/h1-4,11,13-14,17H,5-9H2. The Balaban J connectivity index is 1.72. The van der Waals surface area contributed by atoms with Gasteiger partial charge in [-0.15, -0.1) is 0 Å². The summed E-state index contributed by atoms with van der Waals surface area (Å²) >= 11 is 0. The Morgan fingerprint density at radius 2 is 1.89 bits per heavy atom. The van der Waals surface area contributed by atoms with Crippen molar-refractivity contribution in [3.8, 4) is 0 Å². The van der Waals surface area contributed by atoms with Crippen LogP contribution in [0.25, 0.3) is 0 Å². The van der Waals surface area contributed by atoms with E-state index in [1.807, 2.05) is 0 Å². The first-order valence-corrected chi connectivity index (χ1v) is 6.80. The number of nitro groups is 1. The first kappa shape index (κ1) is 12.6. The zero-order valence-corrected chi connectivity index (χ0v) is 10.7. The molecule has 0 aliphatic carbocycles.